The number of hydrogen-bond donors (Lipinski definition) is 2. The van der Waals surface area contributed by atoms with Gasteiger partial charge in [0.05, 0.1) is 11.2 Å². The fourth-order valence-corrected chi connectivity index (χ4v) is 1.94. The van der Waals surface area contributed by atoms with E-state index < -0.39 is 7.12 Å². The van der Waals surface area contributed by atoms with E-state index in [9.17, 15) is 0 Å². The zero-order valence-electron chi connectivity index (χ0n) is 11.3. The van der Waals surface area contributed by atoms with Crippen LogP contribution in [-0.4, -0.2) is 24.5 Å². The van der Waals surface area contributed by atoms with Crippen LogP contribution in [0.15, 0.2) is 18.2 Å². The summed E-state index contributed by atoms with van der Waals surface area (Å²) in [6.07, 6.45) is 1.25. The van der Waals surface area contributed by atoms with E-state index >= 15 is 0 Å². The van der Waals surface area contributed by atoms with Crippen LogP contribution in [0.5, 0.6) is 0 Å². The van der Waals surface area contributed by atoms with Gasteiger partial charge in [-0.15, -0.1) is 0 Å². The highest BCUT2D eigenvalue weighted by molar-refractivity contribution is 6.63. The fraction of sp³-hybridized carbons (Fsp3) is 0.462. The minimum absolute atomic E-state index is 0.387. The molecule has 1 aliphatic rings. The summed E-state index contributed by atoms with van der Waals surface area (Å²) in [5.41, 5.74) is 7.14. The lowest BCUT2D eigenvalue weighted by atomic mass is 9.75. The summed E-state index contributed by atoms with van der Waals surface area (Å²) < 4.78 is 11.9. The third-order valence-corrected chi connectivity index (χ3v) is 3.83. The minimum atomic E-state index is -0.477. The highest BCUT2D eigenvalue weighted by atomic mass is 16.7. The van der Waals surface area contributed by atoms with Gasteiger partial charge in [0.2, 0.25) is 0 Å². The summed E-state index contributed by atoms with van der Waals surface area (Å²) in [7, 11) is -0.477. The Bertz CT molecular complexity index is 470. The van der Waals surface area contributed by atoms with Crippen LogP contribution in [0.4, 0.5) is 5.69 Å². The summed E-state index contributed by atoms with van der Waals surface area (Å²) in [5, 5.41) is 7.47. The van der Waals surface area contributed by atoms with Gasteiger partial charge in [-0.1, -0.05) is 12.1 Å². The summed E-state index contributed by atoms with van der Waals surface area (Å²) in [6, 6.07) is 5.51. The molecule has 0 atom stereocenters. The van der Waals surface area contributed by atoms with Crippen molar-refractivity contribution >= 4 is 24.5 Å². The van der Waals surface area contributed by atoms with Crippen molar-refractivity contribution < 1.29 is 9.31 Å². The number of rotatable bonds is 2. The van der Waals surface area contributed by atoms with E-state index in [1.54, 1.807) is 6.07 Å². The smallest absolute Gasteiger partial charge is 0.399 e. The number of nitrogens with one attached hydrogen (secondary N) is 1. The van der Waals surface area contributed by atoms with Gasteiger partial charge in [0.25, 0.3) is 0 Å². The van der Waals surface area contributed by atoms with Crippen molar-refractivity contribution in [2.75, 3.05) is 5.73 Å². The summed E-state index contributed by atoms with van der Waals surface area (Å²) in [5.74, 6) is 0. The molecule has 0 aromatic heterocycles. The average molecular weight is 246 g/mol. The Balaban J connectivity index is 2.41. The van der Waals surface area contributed by atoms with Crippen LogP contribution < -0.4 is 11.2 Å². The van der Waals surface area contributed by atoms with Crippen LogP contribution in [0.25, 0.3) is 0 Å². The number of hydrogen-bond acceptors (Lipinski definition) is 4. The van der Waals surface area contributed by atoms with Crippen molar-refractivity contribution in [2.45, 2.75) is 38.9 Å². The van der Waals surface area contributed by atoms with Crippen molar-refractivity contribution in [1.29, 1.82) is 5.41 Å². The molecular weight excluding hydrogens is 227 g/mol. The maximum atomic E-state index is 7.47. The molecule has 1 fully saturated rings. The van der Waals surface area contributed by atoms with Crippen LogP contribution in [0.3, 0.4) is 0 Å². The molecule has 1 saturated heterocycles. The van der Waals surface area contributed by atoms with Crippen molar-refractivity contribution in [3.8, 4) is 0 Å². The second kappa shape index (κ2) is 4.11. The molecule has 1 aromatic carbocycles. The van der Waals surface area contributed by atoms with Gasteiger partial charge in [0.15, 0.2) is 0 Å². The molecule has 0 amide bonds. The molecule has 1 heterocycles. The number of nitrogen functional groups attached to an aromatic ring is 1. The van der Waals surface area contributed by atoms with Crippen molar-refractivity contribution in [3.05, 3.63) is 23.8 Å². The van der Waals surface area contributed by atoms with E-state index in [1.165, 1.54) is 6.21 Å². The van der Waals surface area contributed by atoms with E-state index in [1.807, 2.05) is 39.8 Å². The van der Waals surface area contributed by atoms with E-state index in [0.29, 0.717) is 11.3 Å². The van der Waals surface area contributed by atoms with Crippen LogP contribution in [0.1, 0.15) is 33.3 Å². The quantitative estimate of drug-likeness (QED) is 0.472. The topological polar surface area (TPSA) is 68.3 Å². The fourth-order valence-electron chi connectivity index (χ4n) is 1.94. The van der Waals surface area contributed by atoms with Crippen molar-refractivity contribution in [1.82, 2.24) is 0 Å². The molecule has 3 N–H and O–H groups in total. The predicted octanol–water partition coefficient (Wildman–Crippen LogP) is 1.57. The van der Waals surface area contributed by atoms with Crippen LogP contribution in [0, 0.1) is 5.41 Å². The molecule has 1 aliphatic heterocycles. The molecule has 1 aromatic rings. The number of benzene rings is 1. The number of nitrogens with two attached hydrogens (primary N) is 1. The SMILES string of the molecule is CC1(C)OB(c2cccc(N)c2C=N)OC1(C)C. The molecule has 18 heavy (non-hydrogen) atoms. The van der Waals surface area contributed by atoms with E-state index in [4.69, 9.17) is 20.5 Å². The molecule has 0 spiro atoms. The minimum Gasteiger partial charge on any atom is -0.399 e. The van der Waals surface area contributed by atoms with Crippen LogP contribution in [0.2, 0.25) is 0 Å². The first-order chi connectivity index (χ1) is 8.28. The zero-order valence-corrected chi connectivity index (χ0v) is 11.3. The highest BCUT2D eigenvalue weighted by Crippen LogP contribution is 2.36. The van der Waals surface area contributed by atoms with Gasteiger partial charge in [-0.25, -0.2) is 0 Å². The van der Waals surface area contributed by atoms with E-state index in [2.05, 4.69) is 0 Å². The first kappa shape index (κ1) is 13.1. The van der Waals surface area contributed by atoms with Gasteiger partial charge in [0, 0.05) is 17.5 Å². The largest absolute Gasteiger partial charge is 0.495 e. The first-order valence-corrected chi connectivity index (χ1v) is 6.03. The van der Waals surface area contributed by atoms with Crippen molar-refractivity contribution in [3.63, 3.8) is 0 Å². The Morgan fingerprint density at radius 3 is 2.22 bits per heavy atom. The summed E-state index contributed by atoms with van der Waals surface area (Å²) >= 11 is 0. The van der Waals surface area contributed by atoms with Gasteiger partial charge in [-0.2, -0.15) is 0 Å². The lowest BCUT2D eigenvalue weighted by Crippen LogP contribution is -2.41. The summed E-state index contributed by atoms with van der Waals surface area (Å²) in [4.78, 5) is 0. The highest BCUT2D eigenvalue weighted by Gasteiger charge is 2.52. The second-order valence-electron chi connectivity index (χ2n) is 5.58. The lowest BCUT2D eigenvalue weighted by Gasteiger charge is -2.32. The molecule has 0 aliphatic carbocycles. The third kappa shape index (κ3) is 1.93. The number of anilines is 1. The standard InChI is InChI=1S/C13H19BN2O2/c1-12(2)13(3,4)18-14(17-12)10-6-5-7-11(16)9(10)8-15/h5-8,15H,16H2,1-4H3. The zero-order chi connectivity index (χ0) is 13.6. The molecule has 0 bridgehead atoms. The van der Waals surface area contributed by atoms with Crippen LogP contribution in [-0.2, 0) is 9.31 Å². The monoisotopic (exact) mass is 246 g/mol. The van der Waals surface area contributed by atoms with Crippen LogP contribution >= 0.6 is 0 Å². The van der Waals surface area contributed by atoms with E-state index in [0.717, 1.165) is 5.46 Å². The molecular formula is C13H19BN2O2. The normalized spacial score (nSPS) is 21.0. The molecule has 96 valence electrons. The molecule has 5 heteroatoms. The maximum absolute atomic E-state index is 7.47. The average Bonchev–Trinajstić information content (AvgIpc) is 2.47. The van der Waals surface area contributed by atoms with Gasteiger partial charge in [-0.05, 0) is 39.2 Å². The first-order valence-electron chi connectivity index (χ1n) is 6.03. The molecule has 0 radical (unpaired) electrons. The van der Waals surface area contributed by atoms with Gasteiger partial charge >= 0.3 is 7.12 Å². The molecule has 2 rings (SSSR count). The van der Waals surface area contributed by atoms with Gasteiger partial charge in [0.1, 0.15) is 0 Å². The molecule has 0 saturated carbocycles. The Hall–Kier alpha value is -1.33. The molecule has 4 nitrogen and oxygen atoms in total. The van der Waals surface area contributed by atoms with E-state index in [-0.39, 0.29) is 11.2 Å². The Labute approximate surface area is 108 Å². The lowest BCUT2D eigenvalue weighted by molar-refractivity contribution is 0.00578. The van der Waals surface area contributed by atoms with Gasteiger partial charge in [-0.3, -0.25) is 0 Å². The third-order valence-electron chi connectivity index (χ3n) is 3.83. The molecule has 0 unspecified atom stereocenters. The maximum Gasteiger partial charge on any atom is 0.495 e. The predicted molar refractivity (Wildman–Crippen MR) is 74.5 cm³/mol. The Kier molecular flexibility index (Phi) is 2.99. The van der Waals surface area contributed by atoms with Crippen molar-refractivity contribution in [2.24, 2.45) is 0 Å². The Morgan fingerprint density at radius 1 is 1.17 bits per heavy atom. The Morgan fingerprint density at radius 2 is 1.72 bits per heavy atom. The second-order valence-corrected chi connectivity index (χ2v) is 5.58. The summed E-state index contributed by atoms with van der Waals surface area (Å²) in [6.45, 7) is 8.01. The van der Waals surface area contributed by atoms with Gasteiger partial charge < -0.3 is 20.5 Å².